The summed E-state index contributed by atoms with van der Waals surface area (Å²) in [6.07, 6.45) is 11.4. The molecule has 4 rings (SSSR count). The van der Waals surface area contributed by atoms with Crippen LogP contribution in [0.3, 0.4) is 0 Å². The molecule has 2 heterocycles. The second-order valence-electron chi connectivity index (χ2n) is 6.55. The van der Waals surface area contributed by atoms with Gasteiger partial charge in [0.1, 0.15) is 5.75 Å². The first-order chi connectivity index (χ1) is 11.6. The summed E-state index contributed by atoms with van der Waals surface area (Å²) in [5.74, 6) is 0.340. The third-order valence-electron chi connectivity index (χ3n) is 4.76. The number of fused-ring (bicyclic) bond motifs is 2. The molecule has 1 unspecified atom stereocenters. The van der Waals surface area contributed by atoms with Gasteiger partial charge in [-0.15, -0.1) is 0 Å². The summed E-state index contributed by atoms with van der Waals surface area (Å²) in [6.45, 7) is 2.50. The van der Waals surface area contributed by atoms with Gasteiger partial charge >= 0.3 is 0 Å². The Labute approximate surface area is 160 Å². The summed E-state index contributed by atoms with van der Waals surface area (Å²) >= 11 is 7.07. The van der Waals surface area contributed by atoms with Crippen molar-refractivity contribution in [3.8, 4) is 5.75 Å². The topological polar surface area (TPSA) is 44.3 Å². The highest BCUT2D eigenvalue weighted by atomic mass is 79.9. The number of nitrogens with one attached hydrogen (secondary N) is 2. The second-order valence-corrected chi connectivity index (χ2v) is 8.32. The smallest absolute Gasteiger partial charge is 0.116 e. The SMILES string of the molecule is C1CCNCC1.Oc1cc(Br)c2c(c1)CCC1=CC(Br)=CNC1C2. The normalized spacial score (nSPS) is 22.5. The molecule has 2 aliphatic heterocycles. The Hall–Kier alpha value is -0.780. The van der Waals surface area contributed by atoms with Crippen molar-refractivity contribution in [3.05, 3.63) is 50.1 Å². The maximum atomic E-state index is 9.68. The number of hydrogen-bond acceptors (Lipinski definition) is 3. The molecule has 3 nitrogen and oxygen atoms in total. The number of piperidine rings is 1. The first kappa shape index (κ1) is 18.0. The fourth-order valence-electron chi connectivity index (χ4n) is 3.46. The molecule has 0 amide bonds. The minimum Gasteiger partial charge on any atom is -0.508 e. The largest absolute Gasteiger partial charge is 0.508 e. The minimum absolute atomic E-state index is 0.340. The maximum absolute atomic E-state index is 9.68. The summed E-state index contributed by atoms with van der Waals surface area (Å²) in [5, 5.41) is 16.4. The molecule has 130 valence electrons. The van der Waals surface area contributed by atoms with E-state index >= 15 is 0 Å². The lowest BCUT2D eigenvalue weighted by atomic mass is 9.98. The number of allylic oxidation sites excluding steroid dienone is 2. The number of aryl methyl sites for hydroxylation is 1. The lowest BCUT2D eigenvalue weighted by molar-refractivity contribution is 0.474. The molecule has 24 heavy (non-hydrogen) atoms. The van der Waals surface area contributed by atoms with E-state index in [1.165, 1.54) is 49.1 Å². The van der Waals surface area contributed by atoms with Crippen molar-refractivity contribution in [1.82, 2.24) is 10.6 Å². The molecule has 5 heteroatoms. The Balaban J connectivity index is 0.000000238. The van der Waals surface area contributed by atoms with Crippen LogP contribution < -0.4 is 10.6 Å². The number of aromatic hydroxyl groups is 1. The van der Waals surface area contributed by atoms with Crippen LogP contribution in [0.2, 0.25) is 0 Å². The zero-order chi connectivity index (χ0) is 16.9. The van der Waals surface area contributed by atoms with Gasteiger partial charge in [-0.05, 0) is 96.0 Å². The van der Waals surface area contributed by atoms with Gasteiger partial charge in [-0.2, -0.15) is 0 Å². The van der Waals surface area contributed by atoms with E-state index in [9.17, 15) is 5.11 Å². The van der Waals surface area contributed by atoms with Crippen LogP contribution in [0.25, 0.3) is 0 Å². The highest BCUT2D eigenvalue weighted by molar-refractivity contribution is 9.12. The highest BCUT2D eigenvalue weighted by Gasteiger charge is 2.24. The van der Waals surface area contributed by atoms with Gasteiger partial charge in [0.05, 0.1) is 6.04 Å². The van der Waals surface area contributed by atoms with Crippen LogP contribution in [0, 0.1) is 0 Å². The van der Waals surface area contributed by atoms with Crippen LogP contribution in [-0.4, -0.2) is 24.2 Å². The first-order valence-electron chi connectivity index (χ1n) is 8.66. The third-order valence-corrected chi connectivity index (χ3v) is 5.93. The van der Waals surface area contributed by atoms with E-state index in [0.717, 1.165) is 28.2 Å². The van der Waals surface area contributed by atoms with Crippen LogP contribution in [0.15, 0.2) is 38.9 Å². The van der Waals surface area contributed by atoms with Crippen LogP contribution in [0.5, 0.6) is 5.75 Å². The molecule has 3 aliphatic rings. The molecule has 0 aromatic heterocycles. The zero-order valence-electron chi connectivity index (χ0n) is 13.7. The predicted molar refractivity (Wildman–Crippen MR) is 107 cm³/mol. The second kappa shape index (κ2) is 8.54. The van der Waals surface area contributed by atoms with Crippen LogP contribution in [0.1, 0.15) is 36.8 Å². The van der Waals surface area contributed by atoms with Gasteiger partial charge in [0.25, 0.3) is 0 Å². The highest BCUT2D eigenvalue weighted by Crippen LogP contribution is 2.34. The van der Waals surface area contributed by atoms with Crippen molar-refractivity contribution in [3.63, 3.8) is 0 Å². The molecule has 3 N–H and O–H groups in total. The summed E-state index contributed by atoms with van der Waals surface area (Å²) in [5.41, 5.74) is 3.97. The molecule has 0 bridgehead atoms. The lowest BCUT2D eigenvalue weighted by Crippen LogP contribution is -2.30. The number of halogens is 2. The van der Waals surface area contributed by atoms with Gasteiger partial charge in [-0.25, -0.2) is 0 Å². The Morgan fingerprint density at radius 1 is 1.04 bits per heavy atom. The molecule has 1 fully saturated rings. The van der Waals surface area contributed by atoms with Crippen molar-refractivity contribution in [2.45, 2.75) is 44.6 Å². The fourth-order valence-corrected chi connectivity index (χ4v) is 4.53. The summed E-state index contributed by atoms with van der Waals surface area (Å²) in [6, 6.07) is 4.04. The third kappa shape index (κ3) is 4.64. The molecule has 1 aromatic rings. The van der Waals surface area contributed by atoms with E-state index in [4.69, 9.17) is 0 Å². The molecule has 1 aromatic carbocycles. The molecule has 0 saturated carbocycles. The van der Waals surface area contributed by atoms with E-state index in [-0.39, 0.29) is 0 Å². The number of rotatable bonds is 0. The van der Waals surface area contributed by atoms with Gasteiger partial charge < -0.3 is 15.7 Å². The first-order valence-corrected chi connectivity index (χ1v) is 10.3. The van der Waals surface area contributed by atoms with Gasteiger partial charge in [-0.3, -0.25) is 0 Å². The van der Waals surface area contributed by atoms with Crippen molar-refractivity contribution in [1.29, 1.82) is 0 Å². The molecular weight excluding hydrogens is 432 g/mol. The zero-order valence-corrected chi connectivity index (χ0v) is 16.9. The standard InChI is InChI=1S/C14H13Br2NO.C5H11N/c15-10-3-9-2-1-8-4-11(18)5-13(16)12(8)6-14(9)17-7-10;1-2-4-6-5-3-1/h3-5,7,14,17-18H,1-2,6H2;6H,1-5H2. The average molecular weight is 456 g/mol. The minimum atomic E-state index is 0.340. The predicted octanol–water partition coefficient (Wildman–Crippen LogP) is 4.54. The van der Waals surface area contributed by atoms with Gasteiger partial charge in [0, 0.05) is 15.2 Å². The summed E-state index contributed by atoms with van der Waals surface area (Å²) in [4.78, 5) is 0. The Bertz CT molecular complexity index is 640. The Kier molecular flexibility index (Phi) is 6.42. The Morgan fingerprint density at radius 3 is 2.50 bits per heavy atom. The van der Waals surface area contributed by atoms with Crippen LogP contribution in [-0.2, 0) is 12.8 Å². The summed E-state index contributed by atoms with van der Waals surface area (Å²) in [7, 11) is 0. The molecule has 1 saturated heterocycles. The molecular formula is C19H24Br2N2O. The van der Waals surface area contributed by atoms with E-state index < -0.39 is 0 Å². The number of hydrogen-bond donors (Lipinski definition) is 3. The maximum Gasteiger partial charge on any atom is 0.116 e. The van der Waals surface area contributed by atoms with Crippen LogP contribution >= 0.6 is 31.9 Å². The molecule has 0 radical (unpaired) electrons. The van der Waals surface area contributed by atoms with E-state index in [1.54, 1.807) is 6.07 Å². The number of phenolic OH excluding ortho intramolecular Hbond substituents is 1. The molecule has 1 atom stereocenters. The van der Waals surface area contributed by atoms with E-state index in [2.05, 4.69) is 48.6 Å². The number of dihydropyridines is 1. The van der Waals surface area contributed by atoms with Gasteiger partial charge in [0.15, 0.2) is 0 Å². The van der Waals surface area contributed by atoms with Crippen molar-refractivity contribution < 1.29 is 5.11 Å². The Morgan fingerprint density at radius 2 is 1.83 bits per heavy atom. The van der Waals surface area contributed by atoms with Gasteiger partial charge in [0.2, 0.25) is 0 Å². The summed E-state index contributed by atoms with van der Waals surface area (Å²) < 4.78 is 2.11. The van der Waals surface area contributed by atoms with Crippen molar-refractivity contribution in [2.24, 2.45) is 0 Å². The molecule has 0 spiro atoms. The van der Waals surface area contributed by atoms with Crippen LogP contribution in [0.4, 0.5) is 0 Å². The monoisotopic (exact) mass is 454 g/mol. The number of benzene rings is 1. The lowest BCUT2D eigenvalue weighted by Gasteiger charge is -2.23. The fraction of sp³-hybridized carbons (Fsp3) is 0.474. The average Bonchev–Trinajstić information content (AvgIpc) is 2.77. The quantitative estimate of drug-likeness (QED) is 0.538. The van der Waals surface area contributed by atoms with Crippen molar-refractivity contribution >= 4 is 31.9 Å². The molecule has 1 aliphatic carbocycles. The van der Waals surface area contributed by atoms with Crippen molar-refractivity contribution in [2.75, 3.05) is 13.1 Å². The van der Waals surface area contributed by atoms with E-state index in [0.29, 0.717) is 11.8 Å². The number of phenols is 1. The van der Waals surface area contributed by atoms with E-state index in [1.807, 2.05) is 12.3 Å². The van der Waals surface area contributed by atoms with Gasteiger partial charge in [-0.1, -0.05) is 22.4 Å².